The van der Waals surface area contributed by atoms with Crippen molar-refractivity contribution in [3.63, 3.8) is 0 Å². The Kier molecular flexibility index (Phi) is 5.31. The molecule has 0 atom stereocenters. The van der Waals surface area contributed by atoms with E-state index in [0.717, 1.165) is 49.7 Å². The number of nitrogens with one attached hydrogen (secondary N) is 1. The molecule has 6 heteroatoms. The van der Waals surface area contributed by atoms with Crippen molar-refractivity contribution >= 4 is 33.9 Å². The Balaban J connectivity index is 1.57. The highest BCUT2D eigenvalue weighted by molar-refractivity contribution is 6.06. The van der Waals surface area contributed by atoms with Gasteiger partial charge < -0.3 is 14.6 Å². The number of hydrogen-bond donors (Lipinski definition) is 1. The molecule has 3 aromatic carbocycles. The first-order valence-electron chi connectivity index (χ1n) is 12.0. The first-order valence-corrected chi connectivity index (χ1v) is 12.0. The maximum atomic E-state index is 13.4. The van der Waals surface area contributed by atoms with Crippen LogP contribution in [-0.4, -0.2) is 19.0 Å². The van der Waals surface area contributed by atoms with Crippen LogP contribution in [0.3, 0.4) is 0 Å². The van der Waals surface area contributed by atoms with Crippen LogP contribution in [-0.2, 0) is 12.8 Å². The number of hydrogen-bond acceptors (Lipinski definition) is 5. The normalized spacial score (nSPS) is 14.9. The van der Waals surface area contributed by atoms with Gasteiger partial charge in [0.25, 0.3) is 5.91 Å². The molecule has 1 aromatic heterocycles. The molecule has 172 valence electrons. The van der Waals surface area contributed by atoms with Gasteiger partial charge in [0.05, 0.1) is 17.3 Å². The van der Waals surface area contributed by atoms with Gasteiger partial charge in [-0.3, -0.25) is 4.79 Å². The molecule has 0 fully saturated rings. The molecule has 0 spiro atoms. The van der Waals surface area contributed by atoms with Gasteiger partial charge in [-0.05, 0) is 73.7 Å². The predicted molar refractivity (Wildman–Crippen MR) is 136 cm³/mol. The van der Waals surface area contributed by atoms with E-state index >= 15 is 0 Å². The van der Waals surface area contributed by atoms with Crippen LogP contribution in [0.5, 0.6) is 0 Å². The maximum absolute atomic E-state index is 13.4. The van der Waals surface area contributed by atoms with E-state index in [2.05, 4.69) is 22.4 Å². The van der Waals surface area contributed by atoms with Crippen LogP contribution in [0.4, 0.5) is 17.1 Å². The molecule has 2 aliphatic rings. The molecule has 35 heavy (non-hydrogen) atoms. The van der Waals surface area contributed by atoms with Crippen LogP contribution in [0.15, 0.2) is 76.1 Å². The van der Waals surface area contributed by atoms with Crippen molar-refractivity contribution in [1.82, 2.24) is 0 Å². The molecule has 1 N–H and O–H groups in total. The highest BCUT2D eigenvalue weighted by Gasteiger charge is 2.27. The fourth-order valence-electron chi connectivity index (χ4n) is 5.18. The minimum atomic E-state index is -0.287. The van der Waals surface area contributed by atoms with E-state index in [1.54, 1.807) is 24.3 Å². The summed E-state index contributed by atoms with van der Waals surface area (Å²) in [6, 6.07) is 22.6. The number of fused-ring (bicyclic) bond motifs is 2. The summed E-state index contributed by atoms with van der Waals surface area (Å²) in [4.78, 5) is 20.6. The van der Waals surface area contributed by atoms with E-state index in [0.29, 0.717) is 22.5 Å². The van der Waals surface area contributed by atoms with Crippen molar-refractivity contribution in [3.8, 4) is 6.07 Å². The van der Waals surface area contributed by atoms with Gasteiger partial charge in [-0.1, -0.05) is 24.3 Å². The van der Waals surface area contributed by atoms with Crippen molar-refractivity contribution in [3.05, 3.63) is 94.5 Å². The molecule has 4 aromatic rings. The zero-order valence-corrected chi connectivity index (χ0v) is 19.3. The average Bonchev–Trinajstić information content (AvgIpc) is 2.89. The third kappa shape index (κ3) is 3.95. The summed E-state index contributed by atoms with van der Waals surface area (Å²) in [7, 11) is 0. The van der Waals surface area contributed by atoms with Crippen molar-refractivity contribution in [2.75, 3.05) is 23.3 Å². The molecule has 0 aliphatic carbocycles. The molecule has 0 saturated heterocycles. The van der Waals surface area contributed by atoms with Gasteiger partial charge in [-0.15, -0.1) is 0 Å². The SMILES string of the molecule is N#Cc1cccc(N=c2oc3c4c5c(cc3cc2C(=O)Nc2ccccc2)CCCN5CCC4)c1. The van der Waals surface area contributed by atoms with E-state index in [4.69, 9.17) is 9.41 Å². The Hall–Kier alpha value is -4.37. The van der Waals surface area contributed by atoms with Gasteiger partial charge in [0.2, 0.25) is 5.55 Å². The lowest BCUT2D eigenvalue weighted by atomic mass is 9.90. The summed E-state index contributed by atoms with van der Waals surface area (Å²) in [5.41, 5.74) is 7.00. The van der Waals surface area contributed by atoms with E-state index in [-0.39, 0.29) is 11.5 Å². The summed E-state index contributed by atoms with van der Waals surface area (Å²) in [5.74, 6) is -0.287. The summed E-state index contributed by atoms with van der Waals surface area (Å²) >= 11 is 0. The molecule has 6 nitrogen and oxygen atoms in total. The second kappa shape index (κ2) is 8.77. The molecule has 6 rings (SSSR count). The number of rotatable bonds is 3. The number of anilines is 2. The number of amides is 1. The first kappa shape index (κ1) is 21.2. The van der Waals surface area contributed by atoms with Crippen molar-refractivity contribution in [2.24, 2.45) is 4.99 Å². The zero-order chi connectivity index (χ0) is 23.8. The molecule has 0 saturated carbocycles. The molecule has 3 heterocycles. The second-order valence-electron chi connectivity index (χ2n) is 9.03. The van der Waals surface area contributed by atoms with Crippen molar-refractivity contribution < 1.29 is 9.21 Å². The smallest absolute Gasteiger partial charge is 0.261 e. The Bertz CT molecular complexity index is 1560. The molecule has 2 aliphatic heterocycles. The number of para-hydroxylation sites is 1. The van der Waals surface area contributed by atoms with Crippen LogP contribution < -0.4 is 15.8 Å². The quantitative estimate of drug-likeness (QED) is 0.438. The Morgan fingerprint density at radius 1 is 1.00 bits per heavy atom. The fourth-order valence-corrected chi connectivity index (χ4v) is 5.18. The highest BCUT2D eigenvalue weighted by Crippen LogP contribution is 2.39. The van der Waals surface area contributed by atoms with Gasteiger partial charge in [0.1, 0.15) is 11.1 Å². The van der Waals surface area contributed by atoms with Gasteiger partial charge in [-0.25, -0.2) is 4.99 Å². The van der Waals surface area contributed by atoms with Crippen molar-refractivity contribution in [1.29, 1.82) is 5.26 Å². The Morgan fingerprint density at radius 2 is 1.83 bits per heavy atom. The predicted octanol–water partition coefficient (Wildman–Crippen LogP) is 5.49. The number of carbonyl (C=O) groups is 1. The number of nitriles is 1. The summed E-state index contributed by atoms with van der Waals surface area (Å²) in [6.45, 7) is 2.14. The van der Waals surface area contributed by atoms with Crippen LogP contribution in [0.1, 0.15) is 39.9 Å². The van der Waals surface area contributed by atoms with Gasteiger partial charge in [0.15, 0.2) is 0 Å². The van der Waals surface area contributed by atoms with Crippen molar-refractivity contribution in [2.45, 2.75) is 25.7 Å². The number of nitrogens with zero attached hydrogens (tertiary/aromatic N) is 3. The van der Waals surface area contributed by atoms with Crippen LogP contribution in [0.2, 0.25) is 0 Å². The van der Waals surface area contributed by atoms with E-state index in [1.165, 1.54) is 16.8 Å². The number of benzene rings is 3. The molecule has 0 bridgehead atoms. The highest BCUT2D eigenvalue weighted by atomic mass is 16.3. The first-order chi connectivity index (χ1) is 17.2. The third-order valence-electron chi connectivity index (χ3n) is 6.71. The average molecular weight is 461 g/mol. The molecular weight excluding hydrogens is 436 g/mol. The van der Waals surface area contributed by atoms with Gasteiger partial charge in [-0.2, -0.15) is 5.26 Å². The van der Waals surface area contributed by atoms with Crippen LogP contribution >= 0.6 is 0 Å². The van der Waals surface area contributed by atoms with Crippen LogP contribution in [0, 0.1) is 11.3 Å². The molecular formula is C29H24N4O2. The summed E-state index contributed by atoms with van der Waals surface area (Å²) < 4.78 is 6.46. The van der Waals surface area contributed by atoms with Gasteiger partial charge in [0, 0.05) is 35.4 Å². The number of aryl methyl sites for hydroxylation is 2. The summed E-state index contributed by atoms with van der Waals surface area (Å²) in [6.07, 6.45) is 4.19. The van der Waals surface area contributed by atoms with Crippen LogP contribution in [0.25, 0.3) is 11.0 Å². The largest absolute Gasteiger partial charge is 0.437 e. The topological polar surface area (TPSA) is 81.6 Å². The lowest BCUT2D eigenvalue weighted by Crippen LogP contribution is -2.34. The minimum absolute atomic E-state index is 0.241. The van der Waals surface area contributed by atoms with Gasteiger partial charge >= 0.3 is 0 Å². The maximum Gasteiger partial charge on any atom is 0.261 e. The molecule has 0 radical (unpaired) electrons. The Labute approximate surface area is 203 Å². The Morgan fingerprint density at radius 3 is 2.66 bits per heavy atom. The lowest BCUT2D eigenvalue weighted by molar-refractivity contribution is 0.102. The monoisotopic (exact) mass is 460 g/mol. The molecule has 1 amide bonds. The zero-order valence-electron chi connectivity index (χ0n) is 19.3. The number of carbonyl (C=O) groups excluding carboxylic acids is 1. The minimum Gasteiger partial charge on any atom is -0.437 e. The molecule has 0 unspecified atom stereocenters. The third-order valence-corrected chi connectivity index (χ3v) is 6.71. The second-order valence-corrected chi connectivity index (χ2v) is 9.03. The summed E-state index contributed by atoms with van der Waals surface area (Å²) in [5, 5.41) is 13.2. The van der Waals surface area contributed by atoms with E-state index in [9.17, 15) is 10.1 Å². The lowest BCUT2D eigenvalue weighted by Gasteiger charge is -2.37. The van der Waals surface area contributed by atoms with E-state index in [1.807, 2.05) is 36.4 Å². The van der Waals surface area contributed by atoms with E-state index < -0.39 is 0 Å². The standard InChI is InChI=1S/C29H24N4O2/c30-18-19-7-4-11-23(15-19)32-29-25(28(34)31-22-9-2-1-3-10-22)17-21-16-20-8-5-13-33-14-6-12-24(26(20)33)27(21)35-29/h1-4,7,9-11,15-17H,5-6,8,12-14H2,(H,31,34). The fraction of sp³-hybridized carbons (Fsp3) is 0.207.